The molecule has 1 aliphatic heterocycles. The molecule has 1 aliphatic carbocycles. The van der Waals surface area contributed by atoms with Crippen LogP contribution in [0.15, 0.2) is 29.3 Å². The largest absolute Gasteiger partial charge is 0.573 e. The van der Waals surface area contributed by atoms with Crippen LogP contribution >= 0.6 is 0 Å². The molecule has 2 aliphatic rings. The molecule has 6 nitrogen and oxygen atoms in total. The highest BCUT2D eigenvalue weighted by molar-refractivity contribution is 5.81. The average Bonchev–Trinajstić information content (AvgIpc) is 3.39. The molecule has 3 atom stereocenters. The van der Waals surface area contributed by atoms with Gasteiger partial charge in [0.15, 0.2) is 5.96 Å². The number of hydrogen-bond donors (Lipinski definition) is 2. The van der Waals surface area contributed by atoms with Crippen molar-refractivity contribution in [2.24, 2.45) is 16.6 Å². The van der Waals surface area contributed by atoms with Crippen LogP contribution in [0.4, 0.5) is 13.2 Å². The molecule has 1 aromatic carbocycles. The van der Waals surface area contributed by atoms with Gasteiger partial charge < -0.3 is 20.7 Å². The van der Waals surface area contributed by atoms with Crippen LogP contribution in [0.5, 0.6) is 5.75 Å². The van der Waals surface area contributed by atoms with Crippen molar-refractivity contribution in [3.05, 3.63) is 29.8 Å². The van der Waals surface area contributed by atoms with Gasteiger partial charge in [0.1, 0.15) is 5.75 Å². The molecular formula is C20H27F3N4O2. The Hall–Kier alpha value is -2.45. The second-order valence-electron chi connectivity index (χ2n) is 7.60. The summed E-state index contributed by atoms with van der Waals surface area (Å²) in [6.45, 7) is 4.04. The van der Waals surface area contributed by atoms with Crippen LogP contribution in [0.25, 0.3) is 0 Å². The summed E-state index contributed by atoms with van der Waals surface area (Å²) in [6, 6.07) is 6.27. The molecule has 1 saturated carbocycles. The number of nitrogens with two attached hydrogens (primary N) is 1. The first kappa shape index (κ1) is 21.3. The number of nitrogens with one attached hydrogen (secondary N) is 1. The average molecular weight is 412 g/mol. The van der Waals surface area contributed by atoms with Gasteiger partial charge >= 0.3 is 6.36 Å². The van der Waals surface area contributed by atoms with Crippen molar-refractivity contribution in [1.29, 1.82) is 0 Å². The minimum Gasteiger partial charge on any atom is -0.405 e. The van der Waals surface area contributed by atoms with E-state index in [2.05, 4.69) is 19.9 Å². The predicted octanol–water partition coefficient (Wildman–Crippen LogP) is 2.99. The highest BCUT2D eigenvalue weighted by Gasteiger charge is 2.43. The van der Waals surface area contributed by atoms with Gasteiger partial charge in [-0.25, -0.2) is 0 Å². The molecule has 0 bridgehead atoms. The molecule has 2 fully saturated rings. The first-order chi connectivity index (χ1) is 13.8. The van der Waals surface area contributed by atoms with E-state index < -0.39 is 6.36 Å². The van der Waals surface area contributed by atoms with Crippen LogP contribution < -0.4 is 15.8 Å². The Balaban J connectivity index is 1.65. The zero-order chi connectivity index (χ0) is 21.0. The number of benzene rings is 1. The van der Waals surface area contributed by atoms with E-state index in [-0.39, 0.29) is 29.5 Å². The summed E-state index contributed by atoms with van der Waals surface area (Å²) < 4.78 is 42.2. The highest BCUT2D eigenvalue weighted by atomic mass is 19.4. The SMILES string of the molecule is CCN=C(NC1CC1c1ccccc1OC(F)(F)F)N1CCCC(CC(N)=O)C1. The molecule has 1 aromatic rings. The quantitative estimate of drug-likeness (QED) is 0.556. The van der Waals surface area contributed by atoms with Crippen LogP contribution in [0.3, 0.4) is 0 Å². The van der Waals surface area contributed by atoms with Crippen LogP contribution in [0.1, 0.15) is 44.1 Å². The minimum absolute atomic E-state index is 0.00481. The number of ether oxygens (including phenoxy) is 1. The summed E-state index contributed by atoms with van der Waals surface area (Å²) >= 11 is 0. The molecule has 160 valence electrons. The number of hydrogen-bond acceptors (Lipinski definition) is 3. The van der Waals surface area contributed by atoms with Crippen molar-refractivity contribution in [1.82, 2.24) is 10.2 Å². The van der Waals surface area contributed by atoms with Crippen molar-refractivity contribution in [2.45, 2.75) is 50.9 Å². The lowest BCUT2D eigenvalue weighted by molar-refractivity contribution is -0.274. The monoisotopic (exact) mass is 412 g/mol. The van der Waals surface area contributed by atoms with Crippen molar-refractivity contribution in [2.75, 3.05) is 19.6 Å². The number of likely N-dealkylation sites (tertiary alicyclic amines) is 1. The molecule has 0 radical (unpaired) electrons. The Morgan fingerprint density at radius 2 is 2.14 bits per heavy atom. The van der Waals surface area contributed by atoms with Crippen LogP contribution in [0, 0.1) is 5.92 Å². The summed E-state index contributed by atoms with van der Waals surface area (Å²) in [5, 5.41) is 3.40. The fraction of sp³-hybridized carbons (Fsp3) is 0.600. The lowest BCUT2D eigenvalue weighted by atomic mass is 9.95. The number of carbonyl (C=O) groups excluding carboxylic acids is 1. The van der Waals surface area contributed by atoms with Gasteiger partial charge in [-0.1, -0.05) is 18.2 Å². The van der Waals surface area contributed by atoms with E-state index in [0.717, 1.165) is 25.3 Å². The molecule has 0 aromatic heterocycles. The van der Waals surface area contributed by atoms with Gasteiger partial charge in [-0.05, 0) is 43.7 Å². The summed E-state index contributed by atoms with van der Waals surface area (Å²) in [5.41, 5.74) is 5.88. The van der Waals surface area contributed by atoms with Crippen molar-refractivity contribution in [3.8, 4) is 5.75 Å². The minimum atomic E-state index is -4.72. The number of rotatable bonds is 6. The molecule has 3 rings (SSSR count). The van der Waals surface area contributed by atoms with E-state index in [0.29, 0.717) is 31.5 Å². The van der Waals surface area contributed by atoms with Crippen molar-refractivity contribution < 1.29 is 22.7 Å². The third kappa shape index (κ3) is 6.01. The smallest absolute Gasteiger partial charge is 0.405 e. The molecule has 3 unspecified atom stereocenters. The second kappa shape index (κ2) is 8.92. The molecule has 1 amide bonds. The Morgan fingerprint density at radius 3 is 2.83 bits per heavy atom. The number of piperidine rings is 1. The number of guanidine groups is 1. The fourth-order valence-electron chi connectivity index (χ4n) is 3.96. The van der Waals surface area contributed by atoms with Crippen LogP contribution in [0.2, 0.25) is 0 Å². The summed E-state index contributed by atoms with van der Waals surface area (Å²) in [4.78, 5) is 17.9. The number of nitrogens with zero attached hydrogens (tertiary/aromatic N) is 2. The van der Waals surface area contributed by atoms with Gasteiger partial charge in [-0.3, -0.25) is 9.79 Å². The maximum atomic E-state index is 12.7. The fourth-order valence-corrected chi connectivity index (χ4v) is 3.96. The third-order valence-corrected chi connectivity index (χ3v) is 5.27. The van der Waals surface area contributed by atoms with Crippen molar-refractivity contribution in [3.63, 3.8) is 0 Å². The van der Waals surface area contributed by atoms with E-state index in [1.165, 1.54) is 12.1 Å². The zero-order valence-corrected chi connectivity index (χ0v) is 16.4. The Morgan fingerprint density at radius 1 is 1.38 bits per heavy atom. The summed E-state index contributed by atoms with van der Waals surface area (Å²) in [7, 11) is 0. The molecular weight excluding hydrogens is 385 g/mol. The lowest BCUT2D eigenvalue weighted by Gasteiger charge is -2.35. The van der Waals surface area contributed by atoms with Crippen molar-refractivity contribution >= 4 is 11.9 Å². The topological polar surface area (TPSA) is 80.0 Å². The van der Waals surface area contributed by atoms with E-state index >= 15 is 0 Å². The molecule has 0 spiro atoms. The lowest BCUT2D eigenvalue weighted by Crippen LogP contribution is -2.48. The van der Waals surface area contributed by atoms with Gasteiger partial charge in [-0.2, -0.15) is 0 Å². The number of halogens is 3. The molecule has 1 saturated heterocycles. The van der Waals surface area contributed by atoms with Gasteiger partial charge in [0.25, 0.3) is 0 Å². The molecule has 29 heavy (non-hydrogen) atoms. The first-order valence-electron chi connectivity index (χ1n) is 9.95. The summed E-state index contributed by atoms with van der Waals surface area (Å²) in [6.07, 6.45) is -1.76. The van der Waals surface area contributed by atoms with Gasteiger partial charge in [-0.15, -0.1) is 13.2 Å². The third-order valence-electron chi connectivity index (χ3n) is 5.27. The first-order valence-corrected chi connectivity index (χ1v) is 9.95. The van der Waals surface area contributed by atoms with E-state index in [1.54, 1.807) is 12.1 Å². The van der Waals surface area contributed by atoms with Gasteiger partial charge in [0, 0.05) is 38.0 Å². The van der Waals surface area contributed by atoms with E-state index in [1.807, 2.05) is 6.92 Å². The number of primary amides is 1. The molecule has 3 N–H and O–H groups in total. The highest BCUT2D eigenvalue weighted by Crippen LogP contribution is 2.45. The Labute approximate surface area is 168 Å². The van der Waals surface area contributed by atoms with Crippen LogP contribution in [-0.2, 0) is 4.79 Å². The number of amides is 1. The van der Waals surface area contributed by atoms with Gasteiger partial charge in [0.2, 0.25) is 5.91 Å². The maximum Gasteiger partial charge on any atom is 0.573 e. The normalized spacial score (nSPS) is 24.9. The second-order valence-corrected chi connectivity index (χ2v) is 7.60. The van der Waals surface area contributed by atoms with E-state index in [9.17, 15) is 18.0 Å². The Kier molecular flexibility index (Phi) is 6.54. The predicted molar refractivity (Wildman–Crippen MR) is 103 cm³/mol. The molecule has 9 heteroatoms. The number of aliphatic imine (C=N–C) groups is 1. The summed E-state index contributed by atoms with van der Waals surface area (Å²) in [5.74, 6) is 0.413. The number of carbonyl (C=O) groups is 1. The Bertz CT molecular complexity index is 753. The van der Waals surface area contributed by atoms with Gasteiger partial charge in [0.05, 0.1) is 0 Å². The number of alkyl halides is 3. The van der Waals surface area contributed by atoms with Crippen LogP contribution in [-0.4, -0.2) is 48.8 Å². The maximum absolute atomic E-state index is 12.7. The number of para-hydroxylation sites is 1. The zero-order valence-electron chi connectivity index (χ0n) is 16.4. The standard InChI is InChI=1S/C20H27F3N4O2/c1-2-25-19(27-9-5-6-13(12-27)10-18(24)28)26-16-11-15(16)14-7-3-4-8-17(14)29-20(21,22)23/h3-4,7-8,13,15-16H,2,5-6,9-12H2,1H3,(H2,24,28)(H,25,26). The van der Waals surface area contributed by atoms with E-state index in [4.69, 9.17) is 5.73 Å². The molecule has 1 heterocycles.